The first-order valence-electron chi connectivity index (χ1n) is 5.18. The molecule has 1 aromatic heterocycles. The summed E-state index contributed by atoms with van der Waals surface area (Å²) in [6, 6.07) is 0. The van der Waals surface area contributed by atoms with E-state index in [1.807, 2.05) is 6.92 Å². The molecule has 0 aliphatic carbocycles. The number of nitrogens with zero attached hydrogens (tertiary/aromatic N) is 2. The highest BCUT2D eigenvalue weighted by Gasteiger charge is 2.18. The Labute approximate surface area is 88.5 Å². The Morgan fingerprint density at radius 2 is 2.27 bits per heavy atom. The zero-order valence-electron chi connectivity index (χ0n) is 9.13. The molecule has 0 saturated carbocycles. The van der Waals surface area contributed by atoms with Crippen LogP contribution in [0.2, 0.25) is 0 Å². The van der Waals surface area contributed by atoms with Gasteiger partial charge in [-0.25, -0.2) is 8.78 Å². The lowest BCUT2D eigenvalue weighted by atomic mass is 10.2. The maximum absolute atomic E-state index is 12.8. The van der Waals surface area contributed by atoms with E-state index in [4.69, 9.17) is 0 Å². The van der Waals surface area contributed by atoms with Gasteiger partial charge in [0.25, 0.3) is 6.43 Å². The molecule has 5 heteroatoms. The molecule has 86 valence electrons. The SMILES string of the molecule is CCCCn1ncc(CNC)c1C(F)F. The molecule has 0 bridgehead atoms. The van der Waals surface area contributed by atoms with Crippen LogP contribution in [-0.4, -0.2) is 16.8 Å². The van der Waals surface area contributed by atoms with Gasteiger partial charge in [0.15, 0.2) is 0 Å². The standard InChI is InChI=1S/C10H17F2N3/c1-3-4-5-15-9(10(11)12)8(6-13-2)7-14-15/h7,10,13H,3-6H2,1-2H3. The van der Waals surface area contributed by atoms with Crippen LogP contribution in [0.5, 0.6) is 0 Å². The summed E-state index contributed by atoms with van der Waals surface area (Å²) in [6.07, 6.45) is 0.922. The molecule has 0 aliphatic rings. The summed E-state index contributed by atoms with van der Waals surface area (Å²) in [5.41, 5.74) is 0.640. The van der Waals surface area contributed by atoms with E-state index in [2.05, 4.69) is 10.4 Å². The monoisotopic (exact) mass is 217 g/mol. The molecule has 0 aromatic carbocycles. The van der Waals surface area contributed by atoms with Crippen molar-refractivity contribution in [2.75, 3.05) is 7.05 Å². The fraction of sp³-hybridized carbons (Fsp3) is 0.700. The van der Waals surface area contributed by atoms with Crippen molar-refractivity contribution in [1.29, 1.82) is 0 Å². The summed E-state index contributed by atoms with van der Waals surface area (Å²) < 4.78 is 27.0. The van der Waals surface area contributed by atoms with Crippen LogP contribution in [0.3, 0.4) is 0 Å². The Hall–Kier alpha value is -0.970. The van der Waals surface area contributed by atoms with E-state index in [0.29, 0.717) is 18.7 Å². The normalized spacial score (nSPS) is 11.3. The molecule has 0 amide bonds. The Kier molecular flexibility index (Phi) is 4.68. The molecule has 0 fully saturated rings. The Balaban J connectivity index is 2.85. The lowest BCUT2D eigenvalue weighted by Gasteiger charge is -2.07. The lowest BCUT2D eigenvalue weighted by molar-refractivity contribution is 0.137. The van der Waals surface area contributed by atoms with Crippen molar-refractivity contribution < 1.29 is 8.78 Å². The second kappa shape index (κ2) is 5.80. The highest BCUT2D eigenvalue weighted by atomic mass is 19.3. The van der Waals surface area contributed by atoms with Crippen molar-refractivity contribution in [2.45, 2.75) is 39.3 Å². The molecule has 0 unspecified atom stereocenters. The molecule has 3 nitrogen and oxygen atoms in total. The van der Waals surface area contributed by atoms with E-state index >= 15 is 0 Å². The number of alkyl halides is 2. The number of nitrogens with one attached hydrogen (secondary N) is 1. The molecule has 0 spiro atoms. The molecule has 0 saturated heterocycles. The lowest BCUT2D eigenvalue weighted by Crippen LogP contribution is -2.10. The van der Waals surface area contributed by atoms with Crippen molar-refractivity contribution >= 4 is 0 Å². The molecule has 1 heterocycles. The van der Waals surface area contributed by atoms with Crippen LogP contribution in [0.25, 0.3) is 0 Å². The Bertz CT molecular complexity index is 297. The van der Waals surface area contributed by atoms with Crippen LogP contribution in [0.15, 0.2) is 6.20 Å². The van der Waals surface area contributed by atoms with Crippen LogP contribution < -0.4 is 5.32 Å². The van der Waals surface area contributed by atoms with Crippen molar-refractivity contribution in [3.8, 4) is 0 Å². The minimum atomic E-state index is -2.45. The van der Waals surface area contributed by atoms with E-state index < -0.39 is 6.43 Å². The fourth-order valence-corrected chi connectivity index (χ4v) is 1.50. The van der Waals surface area contributed by atoms with Gasteiger partial charge in [-0.05, 0) is 13.5 Å². The van der Waals surface area contributed by atoms with Crippen LogP contribution in [0, 0.1) is 0 Å². The Morgan fingerprint density at radius 3 is 2.80 bits per heavy atom. The van der Waals surface area contributed by atoms with Gasteiger partial charge in [0.05, 0.1) is 6.20 Å². The number of halogens is 2. The topological polar surface area (TPSA) is 29.9 Å². The first-order chi connectivity index (χ1) is 7.20. The highest BCUT2D eigenvalue weighted by Crippen LogP contribution is 2.23. The number of unbranched alkanes of at least 4 members (excludes halogenated alkanes) is 1. The second-order valence-electron chi connectivity index (χ2n) is 3.46. The number of rotatable bonds is 6. The van der Waals surface area contributed by atoms with Gasteiger partial charge in [0.1, 0.15) is 5.69 Å². The van der Waals surface area contributed by atoms with Gasteiger partial charge in [-0.2, -0.15) is 5.10 Å². The fourth-order valence-electron chi connectivity index (χ4n) is 1.50. The van der Waals surface area contributed by atoms with Crippen molar-refractivity contribution in [3.63, 3.8) is 0 Å². The van der Waals surface area contributed by atoms with Gasteiger partial charge in [-0.15, -0.1) is 0 Å². The number of aryl methyl sites for hydroxylation is 1. The van der Waals surface area contributed by atoms with E-state index in [-0.39, 0.29) is 5.69 Å². The maximum Gasteiger partial charge on any atom is 0.280 e. The van der Waals surface area contributed by atoms with E-state index in [9.17, 15) is 8.78 Å². The third-order valence-electron chi connectivity index (χ3n) is 2.26. The number of hydrogen-bond donors (Lipinski definition) is 1. The summed E-state index contributed by atoms with van der Waals surface area (Å²) in [5.74, 6) is 0. The third kappa shape index (κ3) is 2.99. The van der Waals surface area contributed by atoms with Crippen molar-refractivity contribution in [2.24, 2.45) is 0 Å². The molecular formula is C10H17F2N3. The van der Waals surface area contributed by atoms with Crippen LogP contribution in [0.1, 0.15) is 37.4 Å². The molecule has 1 N–H and O–H groups in total. The third-order valence-corrected chi connectivity index (χ3v) is 2.26. The maximum atomic E-state index is 12.8. The van der Waals surface area contributed by atoms with Gasteiger partial charge in [-0.1, -0.05) is 13.3 Å². The van der Waals surface area contributed by atoms with E-state index in [1.54, 1.807) is 7.05 Å². The molecule has 0 aliphatic heterocycles. The molecule has 1 rings (SSSR count). The first-order valence-corrected chi connectivity index (χ1v) is 5.18. The number of hydrogen-bond acceptors (Lipinski definition) is 2. The summed E-state index contributed by atoms with van der Waals surface area (Å²) in [7, 11) is 1.73. The quantitative estimate of drug-likeness (QED) is 0.792. The molecular weight excluding hydrogens is 200 g/mol. The zero-order chi connectivity index (χ0) is 11.3. The first kappa shape index (κ1) is 12.1. The van der Waals surface area contributed by atoms with Gasteiger partial charge < -0.3 is 5.32 Å². The van der Waals surface area contributed by atoms with E-state index in [0.717, 1.165) is 12.8 Å². The summed E-state index contributed by atoms with van der Waals surface area (Å²) in [5, 5.41) is 6.85. The smallest absolute Gasteiger partial charge is 0.280 e. The molecule has 15 heavy (non-hydrogen) atoms. The van der Waals surface area contributed by atoms with Gasteiger partial charge in [0, 0.05) is 18.7 Å². The van der Waals surface area contributed by atoms with Gasteiger partial charge in [0.2, 0.25) is 0 Å². The van der Waals surface area contributed by atoms with Crippen LogP contribution in [-0.2, 0) is 13.1 Å². The van der Waals surface area contributed by atoms with Gasteiger partial charge in [-0.3, -0.25) is 4.68 Å². The highest BCUT2D eigenvalue weighted by molar-refractivity contribution is 5.18. The molecule has 1 aromatic rings. The largest absolute Gasteiger partial charge is 0.316 e. The second-order valence-corrected chi connectivity index (χ2v) is 3.46. The van der Waals surface area contributed by atoms with Gasteiger partial charge >= 0.3 is 0 Å². The Morgan fingerprint density at radius 1 is 1.53 bits per heavy atom. The summed E-state index contributed by atoms with van der Waals surface area (Å²) in [6.45, 7) is 3.03. The summed E-state index contributed by atoms with van der Waals surface area (Å²) in [4.78, 5) is 0. The van der Waals surface area contributed by atoms with Crippen LogP contribution >= 0.6 is 0 Å². The predicted octanol–water partition coefficient (Wildman–Crippen LogP) is 2.34. The minimum Gasteiger partial charge on any atom is -0.316 e. The molecule has 0 atom stereocenters. The predicted molar refractivity (Wildman–Crippen MR) is 54.9 cm³/mol. The summed E-state index contributed by atoms with van der Waals surface area (Å²) >= 11 is 0. The molecule has 0 radical (unpaired) electrons. The van der Waals surface area contributed by atoms with Crippen molar-refractivity contribution in [1.82, 2.24) is 15.1 Å². The minimum absolute atomic E-state index is 0.0535. The van der Waals surface area contributed by atoms with Crippen molar-refractivity contribution in [3.05, 3.63) is 17.5 Å². The number of aromatic nitrogens is 2. The average molecular weight is 217 g/mol. The zero-order valence-corrected chi connectivity index (χ0v) is 9.13. The average Bonchev–Trinajstić information content (AvgIpc) is 2.58. The van der Waals surface area contributed by atoms with E-state index in [1.165, 1.54) is 10.9 Å². The van der Waals surface area contributed by atoms with Crippen LogP contribution in [0.4, 0.5) is 8.78 Å².